The number of hydrogen-bond donors (Lipinski definition) is 4. The number of urea groups is 1. The molecular formula is C19H18N6O5S2. The summed E-state index contributed by atoms with van der Waals surface area (Å²) in [7, 11) is -3.82. The second-order valence-electron chi connectivity index (χ2n) is 6.49. The fraction of sp³-hybridized carbons (Fsp3) is 0.105. The summed E-state index contributed by atoms with van der Waals surface area (Å²) >= 11 is 0.701. The first-order valence-corrected chi connectivity index (χ1v) is 11.4. The Hall–Kier alpha value is -3.68. The van der Waals surface area contributed by atoms with Gasteiger partial charge in [-0.2, -0.15) is 0 Å². The van der Waals surface area contributed by atoms with Gasteiger partial charge in [0.2, 0.25) is 15.4 Å². The monoisotopic (exact) mass is 474 g/mol. The summed E-state index contributed by atoms with van der Waals surface area (Å²) in [5.41, 5.74) is 0.341. The number of benzene rings is 2. The zero-order valence-electron chi connectivity index (χ0n) is 16.6. The van der Waals surface area contributed by atoms with Crippen molar-refractivity contribution in [1.29, 1.82) is 0 Å². The zero-order valence-corrected chi connectivity index (χ0v) is 18.2. The van der Waals surface area contributed by atoms with Gasteiger partial charge in [0.05, 0.1) is 0 Å². The average Bonchev–Trinajstić information content (AvgIpc) is 3.33. The minimum atomic E-state index is -3.82. The number of primary sulfonamides is 1. The number of nitrogens with zero attached hydrogens (tertiary/aromatic N) is 2. The fourth-order valence-corrected chi connectivity index (χ4v) is 4.31. The van der Waals surface area contributed by atoms with E-state index in [4.69, 9.17) is 5.14 Å². The number of sulfonamides is 1. The van der Waals surface area contributed by atoms with Crippen molar-refractivity contribution in [2.45, 2.75) is 16.8 Å². The molecule has 166 valence electrons. The van der Waals surface area contributed by atoms with Crippen LogP contribution in [0.4, 0.5) is 9.93 Å². The molecule has 0 atom stereocenters. The Labute approximate surface area is 187 Å². The molecule has 1 fully saturated rings. The van der Waals surface area contributed by atoms with E-state index in [0.717, 1.165) is 11.1 Å². The molecule has 2 heterocycles. The lowest BCUT2D eigenvalue weighted by Gasteiger charge is -2.27. The fourth-order valence-electron chi connectivity index (χ4n) is 2.93. The van der Waals surface area contributed by atoms with E-state index in [0.29, 0.717) is 11.3 Å². The molecule has 4 rings (SSSR count). The first kappa shape index (κ1) is 23.0. The smallest absolute Gasteiger partial charge is 0.316 e. The molecule has 0 bridgehead atoms. The molecular weight excluding hydrogens is 456 g/mol. The van der Waals surface area contributed by atoms with E-state index in [1.54, 1.807) is 0 Å². The maximum atomic E-state index is 12.3. The van der Waals surface area contributed by atoms with Crippen molar-refractivity contribution in [2.75, 3.05) is 5.32 Å². The van der Waals surface area contributed by atoms with E-state index in [1.807, 2.05) is 60.7 Å². The van der Waals surface area contributed by atoms with Gasteiger partial charge in [-0.15, -0.1) is 10.2 Å². The molecule has 2 aromatic carbocycles. The molecule has 5 N–H and O–H groups in total. The van der Waals surface area contributed by atoms with Crippen LogP contribution in [0.25, 0.3) is 0 Å². The molecule has 0 spiro atoms. The van der Waals surface area contributed by atoms with Crippen LogP contribution in [0.15, 0.2) is 65.0 Å². The number of carbonyl (C=O) groups excluding carboxylic acids is 3. The summed E-state index contributed by atoms with van der Waals surface area (Å²) in [6.07, 6.45) is 0. The van der Waals surface area contributed by atoms with Crippen LogP contribution < -0.4 is 21.1 Å². The molecule has 32 heavy (non-hydrogen) atoms. The van der Waals surface area contributed by atoms with E-state index >= 15 is 0 Å². The topological polar surface area (TPSA) is 173 Å². The van der Waals surface area contributed by atoms with Gasteiger partial charge in [0.1, 0.15) is 0 Å². The normalized spacial score (nSPS) is 14.6. The molecule has 1 aliphatic rings. The zero-order chi connectivity index (χ0) is 23.4. The predicted molar refractivity (Wildman–Crippen MR) is 116 cm³/mol. The Morgan fingerprint density at radius 1 is 1.00 bits per heavy atom. The number of hydrogen-bond acceptors (Lipinski definition) is 8. The van der Waals surface area contributed by atoms with Crippen LogP contribution in [0.5, 0.6) is 0 Å². The number of nitrogens with two attached hydrogens (primary N) is 1. The van der Waals surface area contributed by atoms with Crippen LogP contribution in [0, 0.1) is 0 Å². The third-order valence-corrected chi connectivity index (χ3v) is 6.36. The van der Waals surface area contributed by atoms with Gasteiger partial charge >= 0.3 is 6.03 Å². The Kier molecular flexibility index (Phi) is 6.62. The molecule has 11 nitrogen and oxygen atoms in total. The molecule has 3 aromatic rings. The Morgan fingerprint density at radius 3 is 1.91 bits per heavy atom. The van der Waals surface area contributed by atoms with Gasteiger partial charge in [-0.25, -0.2) is 18.4 Å². The highest BCUT2D eigenvalue weighted by Crippen LogP contribution is 2.32. The molecule has 1 aliphatic heterocycles. The summed E-state index contributed by atoms with van der Waals surface area (Å²) < 4.78 is 21.1. The highest BCUT2D eigenvalue weighted by Gasteiger charge is 2.48. The van der Waals surface area contributed by atoms with Crippen molar-refractivity contribution in [1.82, 2.24) is 20.8 Å². The summed E-state index contributed by atoms with van der Waals surface area (Å²) in [5.74, 6) is -0.702. The molecule has 0 radical (unpaired) electrons. The van der Waals surface area contributed by atoms with E-state index in [-0.39, 0.29) is 21.3 Å². The van der Waals surface area contributed by atoms with Crippen molar-refractivity contribution >= 4 is 44.3 Å². The molecule has 1 aromatic heterocycles. The number of rotatable bonds is 4. The van der Waals surface area contributed by atoms with Crippen LogP contribution in [0.2, 0.25) is 0 Å². The van der Waals surface area contributed by atoms with Crippen LogP contribution in [-0.2, 0) is 25.2 Å². The van der Waals surface area contributed by atoms with Crippen molar-refractivity contribution in [2.24, 2.45) is 5.14 Å². The second kappa shape index (κ2) is 9.21. The van der Waals surface area contributed by atoms with Gasteiger partial charge in [-0.1, -0.05) is 72.0 Å². The number of amides is 4. The SMILES string of the molecule is CC(=O)Nc1nnc(S(N)(=O)=O)s1.O=C1NC(=O)C(c2ccccc2)(c2ccccc2)N1. The minimum Gasteiger partial charge on any atom is -0.316 e. The second-order valence-corrected chi connectivity index (χ2v) is 9.20. The van der Waals surface area contributed by atoms with E-state index in [1.165, 1.54) is 6.92 Å². The molecule has 4 amide bonds. The first-order chi connectivity index (χ1) is 15.1. The van der Waals surface area contributed by atoms with Crippen LogP contribution in [0.3, 0.4) is 0 Å². The standard InChI is InChI=1S/C15H12N2O2.C4H6N4O3S2/c18-13-15(17-14(19)16-13,11-7-3-1-4-8-11)12-9-5-2-6-10-12;1-2(9)6-3-7-8-4(12-3)13(5,10)11/h1-10H,(H2,16,17,18,19);1H3,(H2,5,10,11)(H,6,7,9). The van der Waals surface area contributed by atoms with Gasteiger partial charge in [0.25, 0.3) is 15.9 Å². The molecule has 0 unspecified atom stereocenters. The number of anilines is 1. The maximum Gasteiger partial charge on any atom is 0.322 e. The van der Waals surface area contributed by atoms with Gasteiger partial charge in [0, 0.05) is 6.92 Å². The Morgan fingerprint density at radius 2 is 1.53 bits per heavy atom. The first-order valence-electron chi connectivity index (χ1n) is 9.01. The summed E-state index contributed by atoms with van der Waals surface area (Å²) in [6.45, 7) is 1.28. The molecule has 1 saturated heterocycles. The van der Waals surface area contributed by atoms with E-state index in [9.17, 15) is 22.8 Å². The summed E-state index contributed by atoms with van der Waals surface area (Å²) in [5, 5.41) is 18.9. The van der Waals surface area contributed by atoms with E-state index < -0.39 is 21.6 Å². The highest BCUT2D eigenvalue weighted by molar-refractivity contribution is 7.91. The lowest BCUT2D eigenvalue weighted by molar-refractivity contribution is -0.123. The van der Waals surface area contributed by atoms with Crippen LogP contribution >= 0.6 is 11.3 Å². The molecule has 0 saturated carbocycles. The summed E-state index contributed by atoms with van der Waals surface area (Å²) in [6, 6.07) is 18.0. The number of nitrogens with one attached hydrogen (secondary N) is 3. The van der Waals surface area contributed by atoms with Crippen molar-refractivity contribution in [3.63, 3.8) is 0 Å². The largest absolute Gasteiger partial charge is 0.322 e. The summed E-state index contributed by atoms with van der Waals surface area (Å²) in [4.78, 5) is 34.4. The van der Waals surface area contributed by atoms with Crippen molar-refractivity contribution in [3.8, 4) is 0 Å². The lowest BCUT2D eigenvalue weighted by Crippen LogP contribution is -2.44. The maximum absolute atomic E-state index is 12.3. The quantitative estimate of drug-likeness (QED) is 0.321. The number of carbonyl (C=O) groups is 3. The van der Waals surface area contributed by atoms with Gasteiger partial charge in [-0.05, 0) is 11.1 Å². The van der Waals surface area contributed by atoms with Gasteiger partial charge < -0.3 is 10.6 Å². The molecule has 0 aliphatic carbocycles. The third-order valence-electron chi connectivity index (χ3n) is 4.22. The number of imide groups is 1. The van der Waals surface area contributed by atoms with Crippen molar-refractivity contribution in [3.05, 3.63) is 71.8 Å². The molecule has 13 heteroatoms. The van der Waals surface area contributed by atoms with Crippen molar-refractivity contribution < 1.29 is 22.8 Å². The van der Waals surface area contributed by atoms with E-state index in [2.05, 4.69) is 26.1 Å². The minimum absolute atomic E-state index is 0.108. The Bertz CT molecular complexity index is 1210. The number of aromatic nitrogens is 2. The lowest BCUT2D eigenvalue weighted by atomic mass is 9.83. The van der Waals surface area contributed by atoms with Gasteiger partial charge in [-0.3, -0.25) is 14.9 Å². The van der Waals surface area contributed by atoms with Crippen LogP contribution in [0.1, 0.15) is 18.1 Å². The predicted octanol–water partition coefficient (Wildman–Crippen LogP) is 0.913. The highest BCUT2D eigenvalue weighted by atomic mass is 32.2. The third kappa shape index (κ3) is 4.96. The Balaban J connectivity index is 0.000000195. The van der Waals surface area contributed by atoms with Gasteiger partial charge in [0.15, 0.2) is 5.54 Å². The average molecular weight is 475 g/mol. The van der Waals surface area contributed by atoms with Crippen LogP contribution in [-0.4, -0.2) is 36.5 Å².